The van der Waals surface area contributed by atoms with Crippen LogP contribution in [0.3, 0.4) is 0 Å². The topological polar surface area (TPSA) is 42.4 Å². The summed E-state index contributed by atoms with van der Waals surface area (Å²) in [5.74, 6) is 1.30. The van der Waals surface area contributed by atoms with E-state index in [4.69, 9.17) is 9.72 Å². The molecular formula is C18H23NO2. The van der Waals surface area contributed by atoms with E-state index < -0.39 is 0 Å². The second kappa shape index (κ2) is 6.54. The van der Waals surface area contributed by atoms with E-state index in [1.807, 2.05) is 18.2 Å². The van der Waals surface area contributed by atoms with Crippen molar-refractivity contribution in [2.24, 2.45) is 5.92 Å². The Hall–Kier alpha value is -1.45. The lowest BCUT2D eigenvalue weighted by Crippen LogP contribution is -2.17. The van der Waals surface area contributed by atoms with E-state index in [2.05, 4.69) is 12.1 Å². The Bertz CT molecular complexity index is 603. The zero-order valence-corrected chi connectivity index (χ0v) is 12.6. The third-order valence-corrected chi connectivity index (χ3v) is 4.63. The van der Waals surface area contributed by atoms with Crippen LogP contribution in [0.1, 0.15) is 42.9 Å². The molecule has 1 heterocycles. The summed E-state index contributed by atoms with van der Waals surface area (Å²) in [7, 11) is 1.79. The third-order valence-electron chi connectivity index (χ3n) is 4.63. The van der Waals surface area contributed by atoms with Crippen LogP contribution in [-0.2, 0) is 11.3 Å². The summed E-state index contributed by atoms with van der Waals surface area (Å²) in [6, 6.07) is 10.3. The highest BCUT2D eigenvalue weighted by atomic mass is 16.5. The van der Waals surface area contributed by atoms with Gasteiger partial charge in [0.15, 0.2) is 0 Å². The molecule has 112 valence electrons. The minimum absolute atomic E-state index is 0.0845. The standard InChI is InChI=1S/C18H23NO2/c1-21-12-13-2-5-15(6-3-13)17-9-7-16-10-14(11-20)4-8-18(16)19-17/h4,7-10,13,15,20H,2-3,5-6,11-12H2,1H3/t13-,15-. The second-order valence-electron chi connectivity index (χ2n) is 6.09. The maximum Gasteiger partial charge on any atom is 0.0705 e. The summed E-state index contributed by atoms with van der Waals surface area (Å²) in [6.07, 6.45) is 4.89. The molecule has 3 nitrogen and oxygen atoms in total. The SMILES string of the molecule is COC[C@H]1CC[C@H](c2ccc3cc(CO)ccc3n2)CC1. The number of pyridine rings is 1. The van der Waals surface area contributed by atoms with Crippen molar-refractivity contribution in [2.45, 2.75) is 38.2 Å². The molecule has 3 rings (SSSR count). The molecule has 0 radical (unpaired) electrons. The molecule has 1 aromatic heterocycles. The molecule has 0 bridgehead atoms. The van der Waals surface area contributed by atoms with Gasteiger partial charge in [0.25, 0.3) is 0 Å². The van der Waals surface area contributed by atoms with Gasteiger partial charge in [-0.2, -0.15) is 0 Å². The molecule has 0 saturated heterocycles. The van der Waals surface area contributed by atoms with Crippen molar-refractivity contribution in [1.82, 2.24) is 4.98 Å². The van der Waals surface area contributed by atoms with Crippen LogP contribution in [0, 0.1) is 5.92 Å². The zero-order chi connectivity index (χ0) is 14.7. The highest BCUT2D eigenvalue weighted by molar-refractivity contribution is 5.79. The molecule has 0 atom stereocenters. The maximum absolute atomic E-state index is 9.19. The predicted octanol–water partition coefficient (Wildman–Crippen LogP) is 3.65. The van der Waals surface area contributed by atoms with Gasteiger partial charge in [0, 0.05) is 30.7 Å². The molecule has 1 N–H and O–H groups in total. The fourth-order valence-corrected chi connectivity index (χ4v) is 3.38. The number of benzene rings is 1. The van der Waals surface area contributed by atoms with E-state index in [0.29, 0.717) is 5.92 Å². The van der Waals surface area contributed by atoms with Crippen LogP contribution < -0.4 is 0 Å². The Morgan fingerprint density at radius 3 is 2.67 bits per heavy atom. The first-order valence-corrected chi connectivity index (χ1v) is 7.79. The Labute approximate surface area is 126 Å². The summed E-state index contributed by atoms with van der Waals surface area (Å²) < 4.78 is 5.27. The van der Waals surface area contributed by atoms with Gasteiger partial charge < -0.3 is 9.84 Å². The number of methoxy groups -OCH3 is 1. The molecule has 0 aliphatic heterocycles. The van der Waals surface area contributed by atoms with Gasteiger partial charge in [-0.15, -0.1) is 0 Å². The molecular weight excluding hydrogens is 262 g/mol. The van der Waals surface area contributed by atoms with E-state index in [-0.39, 0.29) is 6.61 Å². The second-order valence-corrected chi connectivity index (χ2v) is 6.09. The number of aromatic nitrogens is 1. The van der Waals surface area contributed by atoms with Gasteiger partial charge in [-0.05, 0) is 55.4 Å². The number of aliphatic hydroxyl groups is 1. The molecule has 3 heteroatoms. The number of ether oxygens (including phenoxy) is 1. The Morgan fingerprint density at radius 1 is 1.14 bits per heavy atom. The Kier molecular flexibility index (Phi) is 4.51. The number of hydrogen-bond donors (Lipinski definition) is 1. The minimum atomic E-state index is 0.0845. The van der Waals surface area contributed by atoms with Crippen molar-refractivity contribution in [3.05, 3.63) is 41.6 Å². The lowest BCUT2D eigenvalue weighted by atomic mass is 9.80. The Balaban J connectivity index is 1.76. The average molecular weight is 285 g/mol. The average Bonchev–Trinajstić information content (AvgIpc) is 2.55. The van der Waals surface area contributed by atoms with Crippen LogP contribution in [0.5, 0.6) is 0 Å². The van der Waals surface area contributed by atoms with Crippen molar-refractivity contribution in [3.63, 3.8) is 0 Å². The summed E-state index contributed by atoms with van der Waals surface area (Å²) in [5.41, 5.74) is 3.19. The first-order valence-electron chi connectivity index (χ1n) is 7.79. The molecule has 1 aromatic carbocycles. The summed E-state index contributed by atoms with van der Waals surface area (Å²) >= 11 is 0. The number of hydrogen-bond acceptors (Lipinski definition) is 3. The smallest absolute Gasteiger partial charge is 0.0705 e. The number of aliphatic hydroxyl groups excluding tert-OH is 1. The first-order chi connectivity index (χ1) is 10.3. The summed E-state index contributed by atoms with van der Waals surface area (Å²) in [5, 5.41) is 10.3. The van der Waals surface area contributed by atoms with Crippen LogP contribution in [0.2, 0.25) is 0 Å². The molecule has 0 unspecified atom stereocenters. The number of fused-ring (bicyclic) bond motifs is 1. The molecule has 1 aliphatic carbocycles. The van der Waals surface area contributed by atoms with Crippen LogP contribution in [0.25, 0.3) is 10.9 Å². The normalized spacial score (nSPS) is 22.6. The third kappa shape index (κ3) is 3.25. The predicted molar refractivity (Wildman–Crippen MR) is 84.2 cm³/mol. The fourth-order valence-electron chi connectivity index (χ4n) is 3.38. The Morgan fingerprint density at radius 2 is 1.95 bits per heavy atom. The van der Waals surface area contributed by atoms with E-state index in [1.165, 1.54) is 31.4 Å². The van der Waals surface area contributed by atoms with Crippen molar-refractivity contribution in [3.8, 4) is 0 Å². The van der Waals surface area contributed by atoms with Gasteiger partial charge in [-0.1, -0.05) is 12.1 Å². The molecule has 2 aromatic rings. The van der Waals surface area contributed by atoms with Gasteiger partial charge in [-0.25, -0.2) is 0 Å². The van der Waals surface area contributed by atoms with Crippen LogP contribution in [-0.4, -0.2) is 23.8 Å². The van der Waals surface area contributed by atoms with Crippen molar-refractivity contribution in [2.75, 3.05) is 13.7 Å². The highest BCUT2D eigenvalue weighted by Gasteiger charge is 2.23. The first kappa shape index (κ1) is 14.5. The number of nitrogens with zero attached hydrogens (tertiary/aromatic N) is 1. The van der Waals surface area contributed by atoms with Gasteiger partial charge in [-0.3, -0.25) is 4.98 Å². The molecule has 1 aliphatic rings. The lowest BCUT2D eigenvalue weighted by molar-refractivity contribution is 0.127. The molecule has 1 fully saturated rings. The van der Waals surface area contributed by atoms with Gasteiger partial charge in [0.2, 0.25) is 0 Å². The molecule has 1 saturated carbocycles. The van der Waals surface area contributed by atoms with E-state index in [9.17, 15) is 5.11 Å². The van der Waals surface area contributed by atoms with Crippen molar-refractivity contribution in [1.29, 1.82) is 0 Å². The maximum atomic E-state index is 9.19. The van der Waals surface area contributed by atoms with E-state index in [0.717, 1.165) is 29.0 Å². The van der Waals surface area contributed by atoms with E-state index in [1.54, 1.807) is 7.11 Å². The van der Waals surface area contributed by atoms with Gasteiger partial charge >= 0.3 is 0 Å². The number of rotatable bonds is 4. The zero-order valence-electron chi connectivity index (χ0n) is 12.6. The largest absolute Gasteiger partial charge is 0.392 e. The quantitative estimate of drug-likeness (QED) is 0.932. The fraction of sp³-hybridized carbons (Fsp3) is 0.500. The molecule has 0 spiro atoms. The van der Waals surface area contributed by atoms with Crippen molar-refractivity contribution < 1.29 is 9.84 Å². The van der Waals surface area contributed by atoms with Crippen LogP contribution >= 0.6 is 0 Å². The van der Waals surface area contributed by atoms with E-state index >= 15 is 0 Å². The summed E-state index contributed by atoms with van der Waals surface area (Å²) in [4.78, 5) is 4.83. The van der Waals surface area contributed by atoms with Gasteiger partial charge in [0.05, 0.1) is 12.1 Å². The molecule has 0 amide bonds. The lowest BCUT2D eigenvalue weighted by Gasteiger charge is -2.27. The monoisotopic (exact) mass is 285 g/mol. The van der Waals surface area contributed by atoms with Crippen molar-refractivity contribution >= 4 is 10.9 Å². The van der Waals surface area contributed by atoms with Crippen LogP contribution in [0.15, 0.2) is 30.3 Å². The molecule has 21 heavy (non-hydrogen) atoms. The summed E-state index contributed by atoms with van der Waals surface area (Å²) in [6.45, 7) is 0.975. The highest BCUT2D eigenvalue weighted by Crippen LogP contribution is 2.35. The minimum Gasteiger partial charge on any atom is -0.392 e. The van der Waals surface area contributed by atoms with Crippen LogP contribution in [0.4, 0.5) is 0 Å². The van der Waals surface area contributed by atoms with Gasteiger partial charge in [0.1, 0.15) is 0 Å².